The summed E-state index contributed by atoms with van der Waals surface area (Å²) in [7, 11) is 0. The van der Waals surface area contributed by atoms with Crippen molar-refractivity contribution in [1.29, 1.82) is 0 Å². The van der Waals surface area contributed by atoms with Gasteiger partial charge in [-0.3, -0.25) is 4.79 Å². The summed E-state index contributed by atoms with van der Waals surface area (Å²) in [6.45, 7) is 1.54. The van der Waals surface area contributed by atoms with Crippen molar-refractivity contribution in [2.75, 3.05) is 19.9 Å². The number of hydrogen-bond acceptors (Lipinski definition) is 4. The maximum absolute atomic E-state index is 11.7. The lowest BCUT2D eigenvalue weighted by Gasteiger charge is -2.36. The Morgan fingerprint density at radius 1 is 1.33 bits per heavy atom. The molecular formula is C13H14N2O3. The van der Waals surface area contributed by atoms with Gasteiger partial charge in [0.25, 0.3) is 0 Å². The fourth-order valence-electron chi connectivity index (χ4n) is 1.98. The zero-order valence-corrected chi connectivity index (χ0v) is 9.83. The van der Waals surface area contributed by atoms with Crippen LogP contribution in [0.5, 0.6) is 11.5 Å². The predicted octanol–water partition coefficient (Wildman–Crippen LogP) is 0.598. The third kappa shape index (κ3) is 2.04. The van der Waals surface area contributed by atoms with Gasteiger partial charge in [-0.05, 0) is 23.8 Å². The first-order valence-electron chi connectivity index (χ1n) is 5.84. The van der Waals surface area contributed by atoms with E-state index in [4.69, 9.17) is 15.2 Å². The number of rotatable bonds is 2. The Labute approximate surface area is 105 Å². The zero-order valence-electron chi connectivity index (χ0n) is 9.83. The van der Waals surface area contributed by atoms with Gasteiger partial charge in [-0.15, -0.1) is 0 Å². The van der Waals surface area contributed by atoms with Gasteiger partial charge < -0.3 is 20.1 Å². The van der Waals surface area contributed by atoms with E-state index in [0.717, 1.165) is 17.1 Å². The van der Waals surface area contributed by atoms with Gasteiger partial charge >= 0.3 is 0 Å². The third-order valence-corrected chi connectivity index (χ3v) is 3.04. The molecule has 1 fully saturated rings. The molecule has 94 valence electrons. The molecule has 0 radical (unpaired) electrons. The van der Waals surface area contributed by atoms with Crippen molar-refractivity contribution in [3.63, 3.8) is 0 Å². The van der Waals surface area contributed by atoms with Crippen molar-refractivity contribution in [3.8, 4) is 11.5 Å². The SMILES string of the molecule is NC1CN(C(=O)C=Cc2ccc3c(c2)OCO3)C1. The van der Waals surface area contributed by atoms with Crippen molar-refractivity contribution in [2.45, 2.75) is 6.04 Å². The smallest absolute Gasteiger partial charge is 0.246 e. The summed E-state index contributed by atoms with van der Waals surface area (Å²) >= 11 is 0. The van der Waals surface area contributed by atoms with Crippen molar-refractivity contribution in [1.82, 2.24) is 4.90 Å². The largest absolute Gasteiger partial charge is 0.454 e. The molecule has 0 unspecified atom stereocenters. The van der Waals surface area contributed by atoms with E-state index < -0.39 is 0 Å². The molecule has 0 atom stereocenters. The highest BCUT2D eigenvalue weighted by Crippen LogP contribution is 2.32. The van der Waals surface area contributed by atoms with E-state index in [9.17, 15) is 4.79 Å². The van der Waals surface area contributed by atoms with Crippen LogP contribution in [-0.2, 0) is 4.79 Å². The normalized spacial score (nSPS) is 18.2. The second kappa shape index (κ2) is 4.34. The molecule has 2 heterocycles. The number of amides is 1. The van der Waals surface area contributed by atoms with E-state index in [2.05, 4.69) is 0 Å². The summed E-state index contributed by atoms with van der Waals surface area (Å²) in [5.74, 6) is 1.46. The number of hydrogen-bond donors (Lipinski definition) is 1. The van der Waals surface area contributed by atoms with Crippen molar-refractivity contribution >= 4 is 12.0 Å². The van der Waals surface area contributed by atoms with Crippen LogP contribution in [0.3, 0.4) is 0 Å². The van der Waals surface area contributed by atoms with Crippen LogP contribution in [0.15, 0.2) is 24.3 Å². The van der Waals surface area contributed by atoms with Crippen LogP contribution in [0.2, 0.25) is 0 Å². The summed E-state index contributed by atoms with van der Waals surface area (Å²) in [5, 5.41) is 0. The van der Waals surface area contributed by atoms with Gasteiger partial charge in [0.1, 0.15) is 0 Å². The van der Waals surface area contributed by atoms with Crippen molar-refractivity contribution in [2.24, 2.45) is 5.73 Å². The lowest BCUT2D eigenvalue weighted by atomic mass is 10.1. The Kier molecular flexibility index (Phi) is 2.68. The number of likely N-dealkylation sites (tertiary alicyclic amines) is 1. The molecule has 5 nitrogen and oxygen atoms in total. The van der Waals surface area contributed by atoms with Crippen LogP contribution in [0.4, 0.5) is 0 Å². The topological polar surface area (TPSA) is 64.8 Å². The molecule has 5 heteroatoms. The standard InChI is InChI=1S/C13H14N2O3/c14-10-6-15(7-10)13(16)4-2-9-1-3-11-12(5-9)18-8-17-11/h1-5,10H,6-8,14H2. The van der Waals surface area contributed by atoms with Gasteiger partial charge in [0, 0.05) is 25.2 Å². The lowest BCUT2D eigenvalue weighted by molar-refractivity contribution is -0.130. The van der Waals surface area contributed by atoms with Gasteiger partial charge in [-0.1, -0.05) is 6.07 Å². The zero-order chi connectivity index (χ0) is 12.5. The summed E-state index contributed by atoms with van der Waals surface area (Å²) in [5.41, 5.74) is 6.54. The molecule has 1 aromatic rings. The van der Waals surface area contributed by atoms with Crippen LogP contribution in [0, 0.1) is 0 Å². The highest BCUT2D eigenvalue weighted by molar-refractivity contribution is 5.92. The van der Waals surface area contributed by atoms with Crippen molar-refractivity contribution < 1.29 is 14.3 Å². The molecule has 0 spiro atoms. The van der Waals surface area contributed by atoms with Crippen LogP contribution >= 0.6 is 0 Å². The maximum Gasteiger partial charge on any atom is 0.246 e. The van der Waals surface area contributed by atoms with Crippen molar-refractivity contribution in [3.05, 3.63) is 29.8 Å². The molecule has 3 rings (SSSR count). The molecule has 0 aromatic heterocycles. The second-order valence-electron chi connectivity index (χ2n) is 4.45. The summed E-state index contributed by atoms with van der Waals surface area (Å²) in [6.07, 6.45) is 3.33. The lowest BCUT2D eigenvalue weighted by Crippen LogP contribution is -2.57. The first-order valence-corrected chi connectivity index (χ1v) is 5.84. The number of fused-ring (bicyclic) bond motifs is 1. The number of carbonyl (C=O) groups excluding carboxylic acids is 1. The average Bonchev–Trinajstić information content (AvgIpc) is 2.79. The first-order chi connectivity index (χ1) is 8.72. The quantitative estimate of drug-likeness (QED) is 0.776. The molecule has 0 aliphatic carbocycles. The Balaban J connectivity index is 1.67. The van der Waals surface area contributed by atoms with E-state index in [1.54, 1.807) is 17.1 Å². The molecule has 0 saturated carbocycles. The number of benzene rings is 1. The number of nitrogens with zero attached hydrogens (tertiary/aromatic N) is 1. The highest BCUT2D eigenvalue weighted by atomic mass is 16.7. The summed E-state index contributed by atoms with van der Waals surface area (Å²) < 4.78 is 10.5. The fourth-order valence-corrected chi connectivity index (χ4v) is 1.98. The molecule has 0 bridgehead atoms. The average molecular weight is 246 g/mol. The fraction of sp³-hybridized carbons (Fsp3) is 0.308. The van der Waals surface area contributed by atoms with Crippen LogP contribution < -0.4 is 15.2 Å². The Hall–Kier alpha value is -2.01. The van der Waals surface area contributed by atoms with E-state index in [1.165, 1.54) is 0 Å². The van der Waals surface area contributed by atoms with Crippen LogP contribution in [0.1, 0.15) is 5.56 Å². The summed E-state index contributed by atoms with van der Waals surface area (Å²) in [4.78, 5) is 13.4. The van der Waals surface area contributed by atoms with Gasteiger partial charge in [0.2, 0.25) is 12.7 Å². The van der Waals surface area contributed by atoms with Gasteiger partial charge in [0.05, 0.1) is 0 Å². The molecule has 1 saturated heterocycles. The van der Waals surface area contributed by atoms with Crippen LogP contribution in [0.25, 0.3) is 6.08 Å². The Morgan fingerprint density at radius 3 is 2.89 bits per heavy atom. The second-order valence-corrected chi connectivity index (χ2v) is 4.45. The molecule has 2 aliphatic rings. The van der Waals surface area contributed by atoms with E-state index in [0.29, 0.717) is 13.1 Å². The number of ether oxygens (including phenoxy) is 2. The Morgan fingerprint density at radius 2 is 2.11 bits per heavy atom. The molecule has 2 aliphatic heterocycles. The van der Waals surface area contributed by atoms with Gasteiger partial charge in [0.15, 0.2) is 11.5 Å². The Bertz CT molecular complexity index is 507. The molecule has 2 N–H and O–H groups in total. The van der Waals surface area contributed by atoms with Gasteiger partial charge in [-0.25, -0.2) is 0 Å². The van der Waals surface area contributed by atoms with E-state index in [1.807, 2.05) is 18.2 Å². The minimum atomic E-state index is -0.00522. The number of carbonyl (C=O) groups is 1. The molecule has 1 amide bonds. The number of nitrogens with two attached hydrogens (primary N) is 1. The monoisotopic (exact) mass is 246 g/mol. The predicted molar refractivity (Wildman–Crippen MR) is 66.2 cm³/mol. The summed E-state index contributed by atoms with van der Waals surface area (Å²) in [6, 6.07) is 5.71. The van der Waals surface area contributed by atoms with Crippen LogP contribution in [-0.4, -0.2) is 36.7 Å². The molecule has 1 aromatic carbocycles. The molecule has 18 heavy (non-hydrogen) atoms. The van der Waals surface area contributed by atoms with Gasteiger partial charge in [-0.2, -0.15) is 0 Å². The third-order valence-electron chi connectivity index (χ3n) is 3.04. The van der Waals surface area contributed by atoms with E-state index in [-0.39, 0.29) is 18.7 Å². The first kappa shape index (κ1) is 11.1. The highest BCUT2D eigenvalue weighted by Gasteiger charge is 2.25. The molecular weight excluding hydrogens is 232 g/mol. The van der Waals surface area contributed by atoms with E-state index >= 15 is 0 Å². The minimum absolute atomic E-state index is 0.00522. The minimum Gasteiger partial charge on any atom is -0.454 e. The maximum atomic E-state index is 11.7.